The smallest absolute Gasteiger partial charge is 0.435 e. The third-order valence-electron chi connectivity index (χ3n) is 3.53. The van der Waals surface area contributed by atoms with E-state index in [4.69, 9.17) is 9.47 Å². The minimum Gasteiger partial charge on any atom is -0.472 e. The number of alkyl halides is 3. The first kappa shape index (κ1) is 18.2. The van der Waals surface area contributed by atoms with Crippen molar-refractivity contribution in [2.24, 2.45) is 7.05 Å². The summed E-state index contributed by atoms with van der Waals surface area (Å²) in [6, 6.07) is 8.16. The zero-order valence-corrected chi connectivity index (χ0v) is 14.9. The van der Waals surface area contributed by atoms with Gasteiger partial charge in [0.25, 0.3) is 0 Å². The lowest BCUT2D eigenvalue weighted by Gasteiger charge is -2.10. The third-order valence-corrected chi connectivity index (χ3v) is 4.38. The Bertz CT molecular complexity index is 876. The van der Waals surface area contributed by atoms with Crippen molar-refractivity contribution in [3.8, 4) is 17.6 Å². The highest BCUT2D eigenvalue weighted by Gasteiger charge is 2.35. The van der Waals surface area contributed by atoms with Gasteiger partial charge in [0.2, 0.25) is 17.6 Å². The van der Waals surface area contributed by atoms with Crippen molar-refractivity contribution in [2.75, 3.05) is 0 Å². The van der Waals surface area contributed by atoms with E-state index in [0.29, 0.717) is 18.9 Å². The number of aromatic nitrogens is 3. The molecule has 3 rings (SSSR count). The van der Waals surface area contributed by atoms with Gasteiger partial charge in [-0.15, -0.1) is 11.3 Å². The van der Waals surface area contributed by atoms with E-state index in [0.717, 1.165) is 21.2 Å². The molecule has 3 heterocycles. The van der Waals surface area contributed by atoms with Crippen LogP contribution in [0.2, 0.25) is 0 Å². The molecule has 0 atom stereocenters. The average molecular weight is 383 g/mol. The summed E-state index contributed by atoms with van der Waals surface area (Å²) in [5.74, 6) is 0.454. The fraction of sp³-hybridized carbons (Fsp3) is 0.294. The predicted molar refractivity (Wildman–Crippen MR) is 90.6 cm³/mol. The molecule has 0 unspecified atom stereocenters. The Balaban J connectivity index is 1.81. The summed E-state index contributed by atoms with van der Waals surface area (Å²) in [6.45, 7) is 2.31. The Hall–Kier alpha value is -2.55. The first-order valence-corrected chi connectivity index (χ1v) is 8.68. The van der Waals surface area contributed by atoms with Gasteiger partial charge < -0.3 is 9.47 Å². The molecule has 0 aliphatic carbocycles. The van der Waals surface area contributed by atoms with Crippen molar-refractivity contribution >= 4 is 11.3 Å². The molecule has 0 saturated heterocycles. The summed E-state index contributed by atoms with van der Waals surface area (Å²) in [6.07, 6.45) is -3.83. The molecule has 26 heavy (non-hydrogen) atoms. The van der Waals surface area contributed by atoms with E-state index in [1.165, 1.54) is 7.05 Å². The van der Waals surface area contributed by atoms with E-state index in [2.05, 4.69) is 10.1 Å². The SMILES string of the molecule is CCc1cc(OCc2cccs2)nc(Oc2cc(C(F)(F)F)nn2C)c1. The molecule has 0 saturated carbocycles. The van der Waals surface area contributed by atoms with Crippen LogP contribution >= 0.6 is 11.3 Å². The van der Waals surface area contributed by atoms with Gasteiger partial charge in [0.15, 0.2) is 5.69 Å². The van der Waals surface area contributed by atoms with Crippen molar-refractivity contribution in [1.82, 2.24) is 14.8 Å². The van der Waals surface area contributed by atoms with Gasteiger partial charge >= 0.3 is 6.18 Å². The van der Waals surface area contributed by atoms with Gasteiger partial charge in [-0.3, -0.25) is 0 Å². The Morgan fingerprint density at radius 3 is 2.58 bits per heavy atom. The Morgan fingerprint density at radius 1 is 1.19 bits per heavy atom. The van der Waals surface area contributed by atoms with Crippen molar-refractivity contribution in [3.05, 3.63) is 51.8 Å². The second-order valence-electron chi connectivity index (χ2n) is 5.46. The monoisotopic (exact) mass is 383 g/mol. The van der Waals surface area contributed by atoms with Gasteiger partial charge in [-0.25, -0.2) is 4.68 Å². The molecule has 3 aromatic heterocycles. The molecule has 0 aliphatic heterocycles. The summed E-state index contributed by atoms with van der Waals surface area (Å²) in [5, 5.41) is 5.37. The fourth-order valence-corrected chi connectivity index (χ4v) is 2.81. The molecule has 5 nitrogen and oxygen atoms in total. The van der Waals surface area contributed by atoms with Crippen LogP contribution in [-0.2, 0) is 26.3 Å². The molecular formula is C17H16F3N3O2S. The predicted octanol–water partition coefficient (Wildman–Crippen LogP) is 4.83. The summed E-state index contributed by atoms with van der Waals surface area (Å²) >= 11 is 1.56. The summed E-state index contributed by atoms with van der Waals surface area (Å²) in [7, 11) is 1.38. The van der Waals surface area contributed by atoms with Crippen LogP contribution in [-0.4, -0.2) is 14.8 Å². The molecule has 0 N–H and O–H groups in total. The van der Waals surface area contributed by atoms with Crippen molar-refractivity contribution in [2.45, 2.75) is 26.1 Å². The maximum atomic E-state index is 12.8. The highest BCUT2D eigenvalue weighted by atomic mass is 32.1. The number of rotatable bonds is 6. The number of nitrogens with zero attached hydrogens (tertiary/aromatic N) is 3. The lowest BCUT2D eigenvalue weighted by atomic mass is 10.2. The van der Waals surface area contributed by atoms with Crippen LogP contribution in [0.25, 0.3) is 0 Å². The molecular weight excluding hydrogens is 367 g/mol. The lowest BCUT2D eigenvalue weighted by molar-refractivity contribution is -0.141. The van der Waals surface area contributed by atoms with E-state index in [9.17, 15) is 13.2 Å². The molecule has 3 aromatic rings. The van der Waals surface area contributed by atoms with Crippen molar-refractivity contribution < 1.29 is 22.6 Å². The number of halogens is 3. The van der Waals surface area contributed by atoms with Crippen molar-refractivity contribution in [1.29, 1.82) is 0 Å². The second kappa shape index (κ2) is 7.36. The lowest BCUT2D eigenvalue weighted by Crippen LogP contribution is -2.06. The number of thiophene rings is 1. The van der Waals surface area contributed by atoms with Crippen LogP contribution in [0.1, 0.15) is 23.1 Å². The van der Waals surface area contributed by atoms with Gasteiger partial charge in [0, 0.05) is 30.1 Å². The zero-order valence-electron chi connectivity index (χ0n) is 14.1. The molecule has 0 spiro atoms. The molecule has 138 valence electrons. The Labute approximate surface area is 152 Å². The van der Waals surface area contributed by atoms with Crippen LogP contribution < -0.4 is 9.47 Å². The summed E-state index contributed by atoms with van der Waals surface area (Å²) in [5.41, 5.74) is -0.120. The molecule has 0 amide bonds. The van der Waals surface area contributed by atoms with Gasteiger partial charge in [0.1, 0.15) is 6.61 Å². The molecule has 0 aliphatic rings. The second-order valence-corrected chi connectivity index (χ2v) is 6.50. The molecule has 9 heteroatoms. The van der Waals surface area contributed by atoms with Crippen molar-refractivity contribution in [3.63, 3.8) is 0 Å². The van der Waals surface area contributed by atoms with Crippen LogP contribution in [0.15, 0.2) is 35.7 Å². The van der Waals surface area contributed by atoms with E-state index in [1.807, 2.05) is 24.4 Å². The van der Waals surface area contributed by atoms with Crippen LogP contribution in [0.3, 0.4) is 0 Å². The summed E-state index contributed by atoms with van der Waals surface area (Å²) < 4.78 is 50.5. The van der Waals surface area contributed by atoms with Gasteiger partial charge in [-0.2, -0.15) is 23.3 Å². The number of aryl methyl sites for hydroxylation is 2. The number of hydrogen-bond acceptors (Lipinski definition) is 5. The Kier molecular flexibility index (Phi) is 5.17. The first-order valence-electron chi connectivity index (χ1n) is 7.80. The van der Waals surface area contributed by atoms with Gasteiger partial charge in [-0.05, 0) is 23.4 Å². The minimum absolute atomic E-state index is 0.0534. The van der Waals surface area contributed by atoms with Crippen LogP contribution in [0, 0.1) is 0 Å². The van der Waals surface area contributed by atoms with Crippen LogP contribution in [0.5, 0.6) is 17.6 Å². The zero-order chi connectivity index (χ0) is 18.7. The highest BCUT2D eigenvalue weighted by Crippen LogP contribution is 2.32. The van der Waals surface area contributed by atoms with E-state index >= 15 is 0 Å². The summed E-state index contributed by atoms with van der Waals surface area (Å²) in [4.78, 5) is 5.27. The number of pyridine rings is 1. The normalized spacial score (nSPS) is 11.6. The number of ether oxygens (including phenoxy) is 2. The van der Waals surface area contributed by atoms with E-state index < -0.39 is 11.9 Å². The molecule has 0 fully saturated rings. The molecule has 0 bridgehead atoms. The topological polar surface area (TPSA) is 49.2 Å². The van der Waals surface area contributed by atoms with E-state index in [-0.39, 0.29) is 11.8 Å². The maximum absolute atomic E-state index is 12.8. The Morgan fingerprint density at radius 2 is 1.96 bits per heavy atom. The fourth-order valence-electron chi connectivity index (χ4n) is 2.19. The average Bonchev–Trinajstić information content (AvgIpc) is 3.23. The maximum Gasteiger partial charge on any atom is 0.435 e. The van der Waals surface area contributed by atoms with Gasteiger partial charge in [-0.1, -0.05) is 13.0 Å². The highest BCUT2D eigenvalue weighted by molar-refractivity contribution is 7.09. The number of hydrogen-bond donors (Lipinski definition) is 0. The van der Waals surface area contributed by atoms with E-state index in [1.54, 1.807) is 23.5 Å². The largest absolute Gasteiger partial charge is 0.472 e. The molecule has 0 aromatic carbocycles. The quantitative estimate of drug-likeness (QED) is 0.612. The minimum atomic E-state index is -4.53. The van der Waals surface area contributed by atoms with Crippen LogP contribution in [0.4, 0.5) is 13.2 Å². The standard InChI is InChI=1S/C17H16F3N3O2S/c1-3-11-7-14(24-10-12-5-4-6-26-12)21-15(8-11)25-16-9-13(17(18,19)20)22-23(16)2/h4-9H,3,10H2,1-2H3. The third kappa shape index (κ3) is 4.34. The van der Waals surface area contributed by atoms with Gasteiger partial charge in [0.05, 0.1) is 0 Å². The first-order chi connectivity index (χ1) is 12.3. The molecule has 0 radical (unpaired) electrons.